The number of aromatic nitrogens is 5. The van der Waals surface area contributed by atoms with Crippen molar-refractivity contribution in [2.75, 3.05) is 0 Å². The van der Waals surface area contributed by atoms with E-state index in [2.05, 4.69) is 234 Å². The number of fused-ring (bicyclic) bond motifs is 16. The normalized spacial score (nSPS) is 12.9. The highest BCUT2D eigenvalue weighted by Crippen LogP contribution is 2.63. The number of ether oxygens (including phenoxy) is 1. The molecular weight excluding hydrogens is 927 g/mol. The standard InChI is InChI=1S/C70H43N5O/c1-5-21-44(22-6-1)67-71-68(45-23-7-2-8-24-45)73-69(72-67)47-38-40-57-54(42-47)53-41-46(37-39-56(53)70(57)58-31-15-19-35-62(58)76-63-36-20-16-32-59(63)70)52-43-55-50-29-13-17-33-60(50)74(48-25-9-3-10-26-48)65(55)66-64(52)51-30-14-18-34-61(51)75(66)49-27-11-4-12-28-49/h1-43H. The minimum Gasteiger partial charge on any atom is -0.457 e. The van der Waals surface area contributed by atoms with Crippen LogP contribution in [0.25, 0.3) is 111 Å². The quantitative estimate of drug-likeness (QED) is 0.167. The SMILES string of the molecule is c1ccc(-c2nc(-c3ccccc3)nc(-c3ccc4c(c3)-c3cc(-c5cc6c7ccccc7n(-c7ccccc7)c6c6c5c5ccccc5n6-c5ccccc5)ccc3C43c4ccccc4Oc4ccccc43)n2)cc1. The van der Waals surface area contributed by atoms with Crippen molar-refractivity contribution in [3.63, 3.8) is 0 Å². The fraction of sp³-hybridized carbons (Fsp3) is 0.0143. The molecule has 0 radical (unpaired) electrons. The van der Waals surface area contributed by atoms with Crippen molar-refractivity contribution in [1.82, 2.24) is 24.1 Å². The lowest BCUT2D eigenvalue weighted by atomic mass is 9.66. The van der Waals surface area contributed by atoms with Crippen LogP contribution in [0.3, 0.4) is 0 Å². The second kappa shape index (κ2) is 16.4. The molecule has 1 aliphatic carbocycles. The molecule has 0 saturated heterocycles. The Morgan fingerprint density at radius 1 is 0.303 bits per heavy atom. The molecule has 16 rings (SSSR count). The molecule has 3 aromatic heterocycles. The van der Waals surface area contributed by atoms with Crippen LogP contribution in [0.4, 0.5) is 0 Å². The lowest BCUT2D eigenvalue weighted by molar-refractivity contribution is 0.436. The first-order chi connectivity index (χ1) is 37.7. The molecule has 0 atom stereocenters. The van der Waals surface area contributed by atoms with E-state index in [-0.39, 0.29) is 0 Å². The Morgan fingerprint density at radius 3 is 1.32 bits per heavy atom. The highest BCUT2D eigenvalue weighted by molar-refractivity contribution is 6.28. The van der Waals surface area contributed by atoms with E-state index in [9.17, 15) is 0 Å². The van der Waals surface area contributed by atoms with Gasteiger partial charge in [-0.1, -0.05) is 194 Å². The maximum Gasteiger partial charge on any atom is 0.164 e. The number of nitrogens with zero attached hydrogens (tertiary/aromatic N) is 5. The van der Waals surface area contributed by atoms with Crippen molar-refractivity contribution in [3.8, 4) is 79.3 Å². The van der Waals surface area contributed by atoms with Gasteiger partial charge in [0.15, 0.2) is 17.5 Å². The first kappa shape index (κ1) is 42.3. The fourth-order valence-corrected chi connectivity index (χ4v) is 12.7. The summed E-state index contributed by atoms with van der Waals surface area (Å²) in [5, 5.41) is 4.77. The molecule has 354 valence electrons. The number of para-hydroxylation sites is 6. The molecule has 0 bridgehead atoms. The molecule has 6 heteroatoms. The van der Waals surface area contributed by atoms with Gasteiger partial charge in [0.05, 0.1) is 27.5 Å². The maximum absolute atomic E-state index is 6.80. The summed E-state index contributed by atoms with van der Waals surface area (Å²) >= 11 is 0. The van der Waals surface area contributed by atoms with Crippen molar-refractivity contribution in [2.24, 2.45) is 0 Å². The molecule has 6 nitrogen and oxygen atoms in total. The molecule has 0 amide bonds. The molecule has 76 heavy (non-hydrogen) atoms. The highest BCUT2D eigenvalue weighted by Gasteiger charge is 2.51. The van der Waals surface area contributed by atoms with Crippen LogP contribution in [0, 0.1) is 0 Å². The molecule has 0 unspecified atom stereocenters. The third-order valence-electron chi connectivity index (χ3n) is 15.8. The highest BCUT2D eigenvalue weighted by atomic mass is 16.5. The van der Waals surface area contributed by atoms with Gasteiger partial charge < -0.3 is 13.9 Å². The Morgan fingerprint density at radius 2 is 0.737 bits per heavy atom. The van der Waals surface area contributed by atoms with Gasteiger partial charge in [-0.25, -0.2) is 15.0 Å². The van der Waals surface area contributed by atoms with Gasteiger partial charge in [0.25, 0.3) is 0 Å². The summed E-state index contributed by atoms with van der Waals surface area (Å²) < 4.78 is 11.7. The van der Waals surface area contributed by atoms with Gasteiger partial charge in [-0.05, 0) is 100 Å². The van der Waals surface area contributed by atoms with Crippen LogP contribution >= 0.6 is 0 Å². The summed E-state index contributed by atoms with van der Waals surface area (Å²) in [7, 11) is 0. The van der Waals surface area contributed by atoms with Gasteiger partial charge in [-0.3, -0.25) is 0 Å². The van der Waals surface area contributed by atoms with Crippen molar-refractivity contribution in [3.05, 3.63) is 283 Å². The Bertz CT molecular complexity index is 4550. The van der Waals surface area contributed by atoms with E-state index < -0.39 is 5.41 Å². The molecular formula is C70H43N5O. The van der Waals surface area contributed by atoms with E-state index >= 15 is 0 Å². The second-order valence-corrected chi connectivity index (χ2v) is 19.8. The van der Waals surface area contributed by atoms with E-state index in [4.69, 9.17) is 19.7 Å². The molecule has 0 saturated carbocycles. The smallest absolute Gasteiger partial charge is 0.164 e. The molecule has 2 aliphatic rings. The predicted octanol–water partition coefficient (Wildman–Crippen LogP) is 17.2. The molecule has 14 aromatic rings. The zero-order valence-corrected chi connectivity index (χ0v) is 41.0. The average Bonchev–Trinajstić information content (AvgIpc) is 4.26. The van der Waals surface area contributed by atoms with Crippen LogP contribution in [0.5, 0.6) is 11.5 Å². The van der Waals surface area contributed by atoms with Crippen molar-refractivity contribution in [1.29, 1.82) is 0 Å². The van der Waals surface area contributed by atoms with Gasteiger partial charge in [0, 0.05) is 60.7 Å². The van der Waals surface area contributed by atoms with Gasteiger partial charge in [0.2, 0.25) is 0 Å². The first-order valence-corrected chi connectivity index (χ1v) is 25.8. The third kappa shape index (κ3) is 6.06. The monoisotopic (exact) mass is 969 g/mol. The number of rotatable bonds is 6. The van der Waals surface area contributed by atoms with Gasteiger partial charge >= 0.3 is 0 Å². The number of benzene rings is 11. The molecule has 4 heterocycles. The van der Waals surface area contributed by atoms with E-state index in [1.54, 1.807) is 0 Å². The van der Waals surface area contributed by atoms with Gasteiger partial charge in [0.1, 0.15) is 11.5 Å². The lowest BCUT2D eigenvalue weighted by Crippen LogP contribution is -2.32. The predicted molar refractivity (Wildman–Crippen MR) is 308 cm³/mol. The lowest BCUT2D eigenvalue weighted by Gasteiger charge is -2.39. The second-order valence-electron chi connectivity index (χ2n) is 19.8. The number of hydrogen-bond acceptors (Lipinski definition) is 4. The number of hydrogen-bond donors (Lipinski definition) is 0. The van der Waals surface area contributed by atoms with Crippen LogP contribution in [0.2, 0.25) is 0 Å². The average molecular weight is 970 g/mol. The van der Waals surface area contributed by atoms with Crippen LogP contribution in [-0.4, -0.2) is 24.1 Å². The van der Waals surface area contributed by atoms with E-state index in [1.807, 2.05) is 36.4 Å². The Labute approximate surface area is 438 Å². The Hall–Kier alpha value is -10.2. The summed E-state index contributed by atoms with van der Waals surface area (Å²) in [6, 6.07) is 93.4. The van der Waals surface area contributed by atoms with E-state index in [1.165, 1.54) is 38.2 Å². The van der Waals surface area contributed by atoms with Crippen LogP contribution in [0.1, 0.15) is 22.3 Å². The van der Waals surface area contributed by atoms with Crippen LogP contribution < -0.4 is 4.74 Å². The van der Waals surface area contributed by atoms with E-state index in [0.29, 0.717) is 17.5 Å². The molecule has 0 fully saturated rings. The summed E-state index contributed by atoms with van der Waals surface area (Å²) in [4.78, 5) is 15.5. The van der Waals surface area contributed by atoms with Crippen molar-refractivity contribution in [2.45, 2.75) is 5.41 Å². The Balaban J connectivity index is 1.02. The maximum atomic E-state index is 6.80. The van der Waals surface area contributed by atoms with Crippen molar-refractivity contribution < 1.29 is 4.74 Å². The summed E-state index contributed by atoms with van der Waals surface area (Å²) in [6.07, 6.45) is 0. The largest absolute Gasteiger partial charge is 0.457 e. The zero-order chi connectivity index (χ0) is 49.9. The minimum absolute atomic E-state index is 0.609. The minimum atomic E-state index is -0.692. The summed E-state index contributed by atoms with van der Waals surface area (Å²) in [6.45, 7) is 0. The third-order valence-corrected chi connectivity index (χ3v) is 15.8. The fourth-order valence-electron chi connectivity index (χ4n) is 12.7. The topological polar surface area (TPSA) is 57.8 Å². The molecule has 11 aromatic carbocycles. The van der Waals surface area contributed by atoms with Crippen LogP contribution in [-0.2, 0) is 5.41 Å². The van der Waals surface area contributed by atoms with E-state index in [0.717, 1.165) is 89.5 Å². The summed E-state index contributed by atoms with van der Waals surface area (Å²) in [5.74, 6) is 3.55. The molecule has 1 aliphatic heterocycles. The molecule has 0 N–H and O–H groups in total. The molecule has 1 spiro atoms. The zero-order valence-electron chi connectivity index (χ0n) is 41.0. The first-order valence-electron chi connectivity index (χ1n) is 25.8. The summed E-state index contributed by atoms with van der Waals surface area (Å²) in [5.41, 5.74) is 18.1. The van der Waals surface area contributed by atoms with Gasteiger partial charge in [-0.15, -0.1) is 0 Å². The Kier molecular flexibility index (Phi) is 9.15. The van der Waals surface area contributed by atoms with Crippen molar-refractivity contribution >= 4 is 43.6 Å². The van der Waals surface area contributed by atoms with Crippen LogP contribution in [0.15, 0.2) is 261 Å². The van der Waals surface area contributed by atoms with Gasteiger partial charge in [-0.2, -0.15) is 0 Å².